The van der Waals surface area contributed by atoms with Gasteiger partial charge in [0, 0.05) is 6.04 Å². The first-order chi connectivity index (χ1) is 7.29. The highest BCUT2D eigenvalue weighted by molar-refractivity contribution is 4.88. The Balaban J connectivity index is 1.95. The monoisotopic (exact) mass is 209 g/mol. The molecule has 0 amide bonds. The molecule has 2 rings (SSSR count). The summed E-state index contributed by atoms with van der Waals surface area (Å²) in [7, 11) is 4.55. The number of rotatable bonds is 2. The zero-order valence-corrected chi connectivity index (χ0v) is 10.5. The molecule has 88 valence electrons. The lowest BCUT2D eigenvalue weighted by molar-refractivity contribution is 0.171. The predicted octanol–water partition coefficient (Wildman–Crippen LogP) is 3.69. The van der Waals surface area contributed by atoms with Gasteiger partial charge in [-0.25, -0.2) is 0 Å². The highest BCUT2D eigenvalue weighted by Gasteiger charge is 2.34. The van der Waals surface area contributed by atoms with Crippen LogP contribution in [0.2, 0.25) is 0 Å². The third-order valence-electron chi connectivity index (χ3n) is 4.70. The van der Waals surface area contributed by atoms with Gasteiger partial charge < -0.3 is 4.90 Å². The highest BCUT2D eigenvalue weighted by Crippen LogP contribution is 2.40. The highest BCUT2D eigenvalue weighted by atomic mass is 15.1. The van der Waals surface area contributed by atoms with Crippen LogP contribution in [0.15, 0.2) is 0 Å². The van der Waals surface area contributed by atoms with E-state index in [2.05, 4.69) is 19.0 Å². The van der Waals surface area contributed by atoms with Crippen LogP contribution in [0.3, 0.4) is 0 Å². The molecule has 2 saturated carbocycles. The van der Waals surface area contributed by atoms with E-state index in [1.54, 1.807) is 0 Å². The average molecular weight is 209 g/mol. The van der Waals surface area contributed by atoms with Gasteiger partial charge in [0.25, 0.3) is 0 Å². The Hall–Kier alpha value is -0.0400. The summed E-state index contributed by atoms with van der Waals surface area (Å²) in [4.78, 5) is 2.49. The molecular formula is C14H27N. The minimum atomic E-state index is 0.896. The summed E-state index contributed by atoms with van der Waals surface area (Å²) >= 11 is 0. The van der Waals surface area contributed by atoms with Crippen LogP contribution in [-0.4, -0.2) is 25.0 Å². The molecule has 2 aliphatic rings. The summed E-state index contributed by atoms with van der Waals surface area (Å²) in [6.07, 6.45) is 13.5. The SMILES string of the molecule is CN(C)C1CCCC1C1CCCCCC1. The maximum absolute atomic E-state index is 2.49. The molecule has 0 aromatic carbocycles. The molecule has 2 atom stereocenters. The number of hydrogen-bond donors (Lipinski definition) is 0. The van der Waals surface area contributed by atoms with Gasteiger partial charge in [0.2, 0.25) is 0 Å². The first kappa shape index (κ1) is 11.4. The second kappa shape index (κ2) is 5.34. The summed E-state index contributed by atoms with van der Waals surface area (Å²) < 4.78 is 0. The minimum absolute atomic E-state index is 0.896. The fraction of sp³-hybridized carbons (Fsp3) is 1.00. The van der Waals surface area contributed by atoms with Crippen LogP contribution in [0.1, 0.15) is 57.8 Å². The molecule has 0 heterocycles. The molecule has 1 nitrogen and oxygen atoms in total. The molecule has 0 radical (unpaired) electrons. The molecule has 1 heteroatoms. The Labute approximate surface area is 95.2 Å². The van der Waals surface area contributed by atoms with Gasteiger partial charge >= 0.3 is 0 Å². The van der Waals surface area contributed by atoms with E-state index in [9.17, 15) is 0 Å². The van der Waals surface area contributed by atoms with E-state index < -0.39 is 0 Å². The molecule has 2 fully saturated rings. The Kier molecular flexibility index (Phi) is 4.07. The van der Waals surface area contributed by atoms with Gasteiger partial charge in [0.15, 0.2) is 0 Å². The van der Waals surface area contributed by atoms with Crippen LogP contribution in [-0.2, 0) is 0 Å². The molecule has 2 unspecified atom stereocenters. The van der Waals surface area contributed by atoms with E-state index in [1.807, 2.05) is 0 Å². The predicted molar refractivity (Wildman–Crippen MR) is 66.0 cm³/mol. The Morgan fingerprint density at radius 1 is 0.733 bits per heavy atom. The van der Waals surface area contributed by atoms with Crippen molar-refractivity contribution in [3.8, 4) is 0 Å². The molecule has 0 N–H and O–H groups in total. The quantitative estimate of drug-likeness (QED) is 0.627. The molecule has 0 saturated heterocycles. The van der Waals surface area contributed by atoms with E-state index in [-0.39, 0.29) is 0 Å². The van der Waals surface area contributed by atoms with Crippen LogP contribution >= 0.6 is 0 Å². The first-order valence-electron chi connectivity index (χ1n) is 6.95. The van der Waals surface area contributed by atoms with Gasteiger partial charge in [-0.15, -0.1) is 0 Å². The molecular weight excluding hydrogens is 182 g/mol. The lowest BCUT2D eigenvalue weighted by Gasteiger charge is -2.32. The maximum Gasteiger partial charge on any atom is 0.0120 e. The van der Waals surface area contributed by atoms with E-state index in [0.29, 0.717) is 0 Å². The average Bonchev–Trinajstić information content (AvgIpc) is 2.55. The first-order valence-corrected chi connectivity index (χ1v) is 6.95. The van der Waals surface area contributed by atoms with Crippen LogP contribution in [0.25, 0.3) is 0 Å². The van der Waals surface area contributed by atoms with Crippen LogP contribution in [0.4, 0.5) is 0 Å². The van der Waals surface area contributed by atoms with Gasteiger partial charge in [-0.1, -0.05) is 44.9 Å². The van der Waals surface area contributed by atoms with Crippen molar-refractivity contribution >= 4 is 0 Å². The van der Waals surface area contributed by atoms with Crippen molar-refractivity contribution in [2.45, 2.75) is 63.8 Å². The number of hydrogen-bond acceptors (Lipinski definition) is 1. The smallest absolute Gasteiger partial charge is 0.0120 e. The van der Waals surface area contributed by atoms with Crippen LogP contribution in [0.5, 0.6) is 0 Å². The van der Waals surface area contributed by atoms with Crippen molar-refractivity contribution in [1.29, 1.82) is 0 Å². The van der Waals surface area contributed by atoms with E-state index in [0.717, 1.165) is 17.9 Å². The second-order valence-electron chi connectivity index (χ2n) is 5.88. The lowest BCUT2D eigenvalue weighted by Crippen LogP contribution is -2.35. The molecule has 0 aromatic heterocycles. The minimum Gasteiger partial charge on any atom is -0.306 e. The van der Waals surface area contributed by atoms with E-state index in [4.69, 9.17) is 0 Å². The topological polar surface area (TPSA) is 3.24 Å². The lowest BCUT2D eigenvalue weighted by atomic mass is 9.82. The van der Waals surface area contributed by atoms with Crippen molar-refractivity contribution in [3.05, 3.63) is 0 Å². The molecule has 2 aliphatic carbocycles. The van der Waals surface area contributed by atoms with Gasteiger partial charge in [-0.2, -0.15) is 0 Å². The summed E-state index contributed by atoms with van der Waals surface area (Å²) in [6.45, 7) is 0. The van der Waals surface area contributed by atoms with Crippen molar-refractivity contribution in [1.82, 2.24) is 4.90 Å². The standard InChI is InChI=1S/C14H27N/c1-15(2)14-11-7-10-13(14)12-8-5-3-4-6-9-12/h12-14H,3-11H2,1-2H3. The summed E-state index contributed by atoms with van der Waals surface area (Å²) in [5.41, 5.74) is 0. The third-order valence-corrected chi connectivity index (χ3v) is 4.70. The largest absolute Gasteiger partial charge is 0.306 e. The summed E-state index contributed by atoms with van der Waals surface area (Å²) in [5.74, 6) is 2.08. The zero-order chi connectivity index (χ0) is 10.7. The van der Waals surface area contributed by atoms with Crippen molar-refractivity contribution < 1.29 is 0 Å². The fourth-order valence-electron chi connectivity index (χ4n) is 3.90. The normalized spacial score (nSPS) is 34.6. The molecule has 0 aromatic rings. The van der Waals surface area contributed by atoms with Crippen molar-refractivity contribution in [2.75, 3.05) is 14.1 Å². The molecule has 0 spiro atoms. The van der Waals surface area contributed by atoms with Crippen molar-refractivity contribution in [3.63, 3.8) is 0 Å². The Bertz CT molecular complexity index is 180. The van der Waals surface area contributed by atoms with E-state index >= 15 is 0 Å². The fourth-order valence-corrected chi connectivity index (χ4v) is 3.90. The molecule has 0 bridgehead atoms. The van der Waals surface area contributed by atoms with E-state index in [1.165, 1.54) is 57.8 Å². The van der Waals surface area contributed by atoms with Crippen LogP contribution < -0.4 is 0 Å². The van der Waals surface area contributed by atoms with Gasteiger partial charge in [-0.05, 0) is 38.8 Å². The zero-order valence-electron chi connectivity index (χ0n) is 10.5. The van der Waals surface area contributed by atoms with Crippen molar-refractivity contribution in [2.24, 2.45) is 11.8 Å². The van der Waals surface area contributed by atoms with Gasteiger partial charge in [0.1, 0.15) is 0 Å². The second-order valence-corrected chi connectivity index (χ2v) is 5.88. The maximum atomic E-state index is 2.49. The van der Waals surface area contributed by atoms with Gasteiger partial charge in [-0.3, -0.25) is 0 Å². The molecule has 15 heavy (non-hydrogen) atoms. The Morgan fingerprint density at radius 2 is 1.40 bits per heavy atom. The number of nitrogens with zero attached hydrogens (tertiary/aromatic N) is 1. The summed E-state index contributed by atoms with van der Waals surface area (Å²) in [6, 6.07) is 0.896. The van der Waals surface area contributed by atoms with Crippen LogP contribution in [0, 0.1) is 11.8 Å². The van der Waals surface area contributed by atoms with Gasteiger partial charge in [0.05, 0.1) is 0 Å². The Morgan fingerprint density at radius 3 is 2.00 bits per heavy atom. The summed E-state index contributed by atoms with van der Waals surface area (Å²) in [5, 5.41) is 0. The molecule has 0 aliphatic heterocycles. The third kappa shape index (κ3) is 2.75.